The minimum absolute atomic E-state index is 0.310. The molecule has 0 fully saturated rings. The number of rotatable bonds is 3. The molecule has 1 unspecified atom stereocenters. The molecular formula is C16H26OSi. The second-order valence-corrected chi connectivity index (χ2v) is 12.1. The molecule has 0 spiro atoms. The van der Waals surface area contributed by atoms with E-state index in [2.05, 4.69) is 40.8 Å². The summed E-state index contributed by atoms with van der Waals surface area (Å²) in [6.45, 7) is 13.8. The third-order valence-corrected chi connectivity index (χ3v) is 10.3. The van der Waals surface area contributed by atoms with Crippen LogP contribution in [0.3, 0.4) is 0 Å². The van der Waals surface area contributed by atoms with Crippen molar-refractivity contribution in [3.05, 3.63) is 47.2 Å². The van der Waals surface area contributed by atoms with Crippen LogP contribution in [0, 0.1) is 0 Å². The van der Waals surface area contributed by atoms with Crippen LogP contribution in [0.5, 0.6) is 0 Å². The molecule has 0 aliphatic rings. The van der Waals surface area contributed by atoms with E-state index in [4.69, 9.17) is 0 Å². The molecule has 1 rings (SSSR count). The summed E-state index contributed by atoms with van der Waals surface area (Å²) in [5, 5.41) is 11.9. The van der Waals surface area contributed by atoms with E-state index >= 15 is 0 Å². The quantitative estimate of drug-likeness (QED) is 0.782. The molecule has 1 atom stereocenters. The lowest BCUT2D eigenvalue weighted by molar-refractivity contribution is 0.228. The van der Waals surface area contributed by atoms with Crippen LogP contribution in [0.25, 0.3) is 0 Å². The lowest BCUT2D eigenvalue weighted by atomic mass is 10.1. The van der Waals surface area contributed by atoms with Gasteiger partial charge in [0.2, 0.25) is 0 Å². The molecule has 18 heavy (non-hydrogen) atoms. The molecule has 0 saturated heterocycles. The smallest absolute Gasteiger partial charge is 0.0970 e. The van der Waals surface area contributed by atoms with Crippen molar-refractivity contribution in [3.63, 3.8) is 0 Å². The first-order valence-electron chi connectivity index (χ1n) is 6.58. The second-order valence-electron chi connectivity index (χ2n) is 6.58. The van der Waals surface area contributed by atoms with Gasteiger partial charge in [0, 0.05) is 0 Å². The van der Waals surface area contributed by atoms with Gasteiger partial charge in [0.15, 0.2) is 0 Å². The first-order valence-corrected chi connectivity index (χ1v) is 9.58. The molecule has 1 nitrogen and oxygen atoms in total. The summed E-state index contributed by atoms with van der Waals surface area (Å²) in [7, 11) is -1.50. The van der Waals surface area contributed by atoms with Crippen molar-refractivity contribution in [2.75, 3.05) is 0 Å². The zero-order valence-electron chi connectivity index (χ0n) is 12.5. The largest absolute Gasteiger partial charge is 0.384 e. The molecule has 0 amide bonds. The zero-order chi connectivity index (χ0) is 14.0. The standard InChI is InChI=1S/C16H26OSi/c1-13(18(5,6)16(2,3)4)12-15(17)14-10-8-7-9-11-14/h7-12,15,17H,1-6H3. The van der Waals surface area contributed by atoms with Gasteiger partial charge in [-0.2, -0.15) is 0 Å². The molecule has 0 aromatic heterocycles. The van der Waals surface area contributed by atoms with Crippen LogP contribution in [0.4, 0.5) is 0 Å². The van der Waals surface area contributed by atoms with E-state index in [0.717, 1.165) is 5.56 Å². The van der Waals surface area contributed by atoms with Gasteiger partial charge in [0.25, 0.3) is 0 Å². The third-order valence-electron chi connectivity index (χ3n) is 4.41. The summed E-state index contributed by atoms with van der Waals surface area (Å²) in [5.74, 6) is 0. The van der Waals surface area contributed by atoms with Crippen molar-refractivity contribution in [2.45, 2.75) is 51.9 Å². The Kier molecular flexibility index (Phi) is 4.57. The van der Waals surface area contributed by atoms with Gasteiger partial charge in [-0.3, -0.25) is 0 Å². The Balaban J connectivity index is 2.97. The fourth-order valence-corrected chi connectivity index (χ4v) is 3.54. The molecule has 0 aliphatic carbocycles. The van der Waals surface area contributed by atoms with Crippen LogP contribution in [0.2, 0.25) is 18.1 Å². The first kappa shape index (κ1) is 15.2. The van der Waals surface area contributed by atoms with Gasteiger partial charge in [0.1, 0.15) is 0 Å². The molecule has 0 aliphatic heterocycles. The maximum Gasteiger partial charge on any atom is 0.0970 e. The van der Waals surface area contributed by atoms with Gasteiger partial charge >= 0.3 is 0 Å². The van der Waals surface area contributed by atoms with Crippen LogP contribution in [0.15, 0.2) is 41.6 Å². The molecule has 1 N–H and O–H groups in total. The van der Waals surface area contributed by atoms with Gasteiger partial charge < -0.3 is 5.11 Å². The van der Waals surface area contributed by atoms with Gasteiger partial charge in [-0.1, -0.05) is 75.5 Å². The summed E-state index contributed by atoms with van der Waals surface area (Å²) in [5.41, 5.74) is 0.968. The highest BCUT2D eigenvalue weighted by molar-refractivity contribution is 6.86. The molecule has 0 radical (unpaired) electrons. The molecule has 100 valence electrons. The lowest BCUT2D eigenvalue weighted by Crippen LogP contribution is -2.39. The number of benzene rings is 1. The van der Waals surface area contributed by atoms with Crippen LogP contribution >= 0.6 is 0 Å². The van der Waals surface area contributed by atoms with Gasteiger partial charge in [-0.15, -0.1) is 0 Å². The van der Waals surface area contributed by atoms with Crippen molar-refractivity contribution in [1.29, 1.82) is 0 Å². The summed E-state index contributed by atoms with van der Waals surface area (Å²) in [6.07, 6.45) is 1.55. The van der Waals surface area contributed by atoms with Gasteiger partial charge in [-0.25, -0.2) is 0 Å². The van der Waals surface area contributed by atoms with Crippen molar-refractivity contribution < 1.29 is 5.11 Å². The number of allylic oxidation sites excluding steroid dienone is 1. The maximum atomic E-state index is 10.3. The van der Waals surface area contributed by atoms with Crippen LogP contribution < -0.4 is 0 Å². The highest BCUT2D eigenvalue weighted by Gasteiger charge is 2.36. The maximum absolute atomic E-state index is 10.3. The molecule has 2 heteroatoms. The number of aliphatic hydroxyl groups excluding tert-OH is 1. The van der Waals surface area contributed by atoms with E-state index in [9.17, 15) is 5.11 Å². The number of hydrogen-bond donors (Lipinski definition) is 1. The topological polar surface area (TPSA) is 20.2 Å². The van der Waals surface area contributed by atoms with E-state index in [-0.39, 0.29) is 0 Å². The Labute approximate surface area is 113 Å². The van der Waals surface area contributed by atoms with E-state index in [1.165, 1.54) is 5.20 Å². The van der Waals surface area contributed by atoms with Crippen LogP contribution in [0.1, 0.15) is 39.4 Å². The van der Waals surface area contributed by atoms with Gasteiger partial charge in [-0.05, 0) is 17.5 Å². The van der Waals surface area contributed by atoms with Crippen molar-refractivity contribution in [2.24, 2.45) is 0 Å². The predicted octanol–water partition coefficient (Wildman–Crippen LogP) is 4.71. The molecular weight excluding hydrogens is 236 g/mol. The Morgan fingerprint density at radius 1 is 1.17 bits per heavy atom. The monoisotopic (exact) mass is 262 g/mol. The second kappa shape index (κ2) is 5.41. The van der Waals surface area contributed by atoms with Crippen molar-refractivity contribution in [1.82, 2.24) is 0 Å². The van der Waals surface area contributed by atoms with Crippen LogP contribution in [-0.4, -0.2) is 13.2 Å². The Morgan fingerprint density at radius 2 is 1.67 bits per heavy atom. The lowest BCUT2D eigenvalue weighted by Gasteiger charge is -2.38. The molecule has 0 bridgehead atoms. The fraction of sp³-hybridized carbons (Fsp3) is 0.500. The number of aliphatic hydroxyl groups is 1. The van der Waals surface area contributed by atoms with Crippen LogP contribution in [-0.2, 0) is 0 Å². The predicted molar refractivity (Wildman–Crippen MR) is 82.4 cm³/mol. The fourth-order valence-electron chi connectivity index (χ4n) is 1.78. The van der Waals surface area contributed by atoms with E-state index in [1.807, 2.05) is 36.4 Å². The summed E-state index contributed by atoms with van der Waals surface area (Å²) >= 11 is 0. The Morgan fingerprint density at radius 3 is 2.11 bits per heavy atom. The summed E-state index contributed by atoms with van der Waals surface area (Å²) in [6, 6.07) is 9.85. The van der Waals surface area contributed by atoms with Crippen molar-refractivity contribution in [3.8, 4) is 0 Å². The SMILES string of the molecule is CC(=CC(O)c1ccccc1)[Si](C)(C)C(C)(C)C. The van der Waals surface area contributed by atoms with E-state index in [0.29, 0.717) is 5.04 Å². The minimum atomic E-state index is -1.50. The first-order chi connectivity index (χ1) is 8.16. The third kappa shape index (κ3) is 3.33. The normalized spacial score (nSPS) is 15.6. The summed E-state index contributed by atoms with van der Waals surface area (Å²) in [4.78, 5) is 0. The highest BCUT2D eigenvalue weighted by Crippen LogP contribution is 2.40. The minimum Gasteiger partial charge on any atom is -0.384 e. The van der Waals surface area contributed by atoms with Crippen molar-refractivity contribution >= 4 is 8.07 Å². The highest BCUT2D eigenvalue weighted by atomic mass is 28.3. The Hall–Kier alpha value is -0.863. The molecule has 0 heterocycles. The molecule has 0 saturated carbocycles. The van der Waals surface area contributed by atoms with E-state index < -0.39 is 14.2 Å². The molecule has 1 aromatic carbocycles. The van der Waals surface area contributed by atoms with E-state index in [1.54, 1.807) is 0 Å². The average Bonchev–Trinajstić information content (AvgIpc) is 2.28. The number of hydrogen-bond acceptors (Lipinski definition) is 1. The molecule has 1 aromatic rings. The zero-order valence-corrected chi connectivity index (χ0v) is 13.5. The average molecular weight is 262 g/mol. The Bertz CT molecular complexity index is 412. The summed E-state index contributed by atoms with van der Waals surface area (Å²) < 4.78 is 0. The van der Waals surface area contributed by atoms with Gasteiger partial charge in [0.05, 0.1) is 14.2 Å².